The SMILES string of the molecule is CC(=O)O[C@@H]1C(=O)N(Cc2ccccc2)C(OCc2cn(-c3ccc(Cl)cc3)nn2)[C@@H]1OC(C)=O. The molecule has 10 nitrogen and oxygen atoms in total. The summed E-state index contributed by atoms with van der Waals surface area (Å²) >= 11 is 5.94. The van der Waals surface area contributed by atoms with Gasteiger partial charge in [0.15, 0.2) is 12.3 Å². The Morgan fingerprint density at radius 1 is 1.00 bits per heavy atom. The highest BCUT2D eigenvalue weighted by Crippen LogP contribution is 2.29. The van der Waals surface area contributed by atoms with Crippen LogP contribution in [0.25, 0.3) is 5.69 Å². The summed E-state index contributed by atoms with van der Waals surface area (Å²) in [7, 11) is 0. The number of halogens is 1. The summed E-state index contributed by atoms with van der Waals surface area (Å²) in [6.45, 7) is 2.52. The van der Waals surface area contributed by atoms with Crippen molar-refractivity contribution in [2.24, 2.45) is 0 Å². The van der Waals surface area contributed by atoms with Crippen LogP contribution in [0.2, 0.25) is 5.02 Å². The molecule has 1 saturated heterocycles. The number of aromatic nitrogens is 3. The van der Waals surface area contributed by atoms with Crippen molar-refractivity contribution in [1.82, 2.24) is 19.9 Å². The third-order valence-electron chi connectivity index (χ3n) is 5.24. The first-order valence-corrected chi connectivity index (χ1v) is 11.2. The van der Waals surface area contributed by atoms with Crippen molar-refractivity contribution >= 4 is 29.4 Å². The molecule has 2 heterocycles. The largest absolute Gasteiger partial charge is 0.453 e. The Morgan fingerprint density at radius 2 is 1.69 bits per heavy atom. The van der Waals surface area contributed by atoms with Gasteiger partial charge in [0.2, 0.25) is 6.10 Å². The van der Waals surface area contributed by atoms with Crippen LogP contribution in [0.4, 0.5) is 0 Å². The molecule has 0 radical (unpaired) electrons. The van der Waals surface area contributed by atoms with Gasteiger partial charge in [-0.25, -0.2) is 4.68 Å². The number of esters is 2. The molecular weight excluding hydrogens is 476 g/mol. The number of benzene rings is 2. The van der Waals surface area contributed by atoms with Crippen LogP contribution in [-0.4, -0.2) is 56.2 Å². The first-order valence-electron chi connectivity index (χ1n) is 10.8. The molecule has 3 aromatic rings. The summed E-state index contributed by atoms with van der Waals surface area (Å²) in [4.78, 5) is 38.1. The highest BCUT2D eigenvalue weighted by Gasteiger charge is 2.53. The number of hydrogen-bond acceptors (Lipinski definition) is 8. The zero-order valence-electron chi connectivity index (χ0n) is 19.0. The first kappa shape index (κ1) is 24.4. The van der Waals surface area contributed by atoms with Crippen molar-refractivity contribution in [1.29, 1.82) is 0 Å². The monoisotopic (exact) mass is 498 g/mol. The van der Waals surface area contributed by atoms with Crippen molar-refractivity contribution in [2.45, 2.75) is 45.4 Å². The number of carbonyl (C=O) groups excluding carboxylic acids is 3. The average Bonchev–Trinajstić information content (AvgIpc) is 3.38. The molecule has 2 aromatic carbocycles. The molecule has 1 aromatic heterocycles. The van der Waals surface area contributed by atoms with Gasteiger partial charge in [-0.05, 0) is 29.8 Å². The number of ether oxygens (including phenoxy) is 3. The van der Waals surface area contributed by atoms with Gasteiger partial charge in [0.05, 0.1) is 18.5 Å². The van der Waals surface area contributed by atoms with Crippen molar-refractivity contribution in [2.75, 3.05) is 0 Å². The van der Waals surface area contributed by atoms with Gasteiger partial charge < -0.3 is 19.1 Å². The van der Waals surface area contributed by atoms with Gasteiger partial charge >= 0.3 is 11.9 Å². The fourth-order valence-electron chi connectivity index (χ4n) is 3.75. The lowest BCUT2D eigenvalue weighted by Gasteiger charge is -2.27. The molecule has 1 aliphatic rings. The molecule has 1 amide bonds. The van der Waals surface area contributed by atoms with Crippen molar-refractivity contribution in [3.05, 3.63) is 77.1 Å². The Bertz CT molecular complexity index is 1200. The van der Waals surface area contributed by atoms with E-state index in [1.165, 1.54) is 18.7 Å². The zero-order valence-corrected chi connectivity index (χ0v) is 19.8. The van der Waals surface area contributed by atoms with Crippen LogP contribution in [0.15, 0.2) is 60.8 Å². The summed E-state index contributed by atoms with van der Waals surface area (Å²) in [5.74, 6) is -1.83. The average molecular weight is 499 g/mol. The van der Waals surface area contributed by atoms with Gasteiger partial charge in [-0.3, -0.25) is 14.4 Å². The van der Waals surface area contributed by atoms with E-state index < -0.39 is 36.3 Å². The summed E-state index contributed by atoms with van der Waals surface area (Å²) in [6.07, 6.45) is -1.82. The molecule has 0 bridgehead atoms. The minimum Gasteiger partial charge on any atom is -0.453 e. The maximum absolute atomic E-state index is 13.2. The topological polar surface area (TPSA) is 113 Å². The summed E-state index contributed by atoms with van der Waals surface area (Å²) in [5, 5.41) is 8.81. The Kier molecular flexibility index (Phi) is 7.42. The van der Waals surface area contributed by atoms with E-state index in [9.17, 15) is 14.4 Å². The first-order chi connectivity index (χ1) is 16.8. The Hall–Kier alpha value is -3.76. The quantitative estimate of drug-likeness (QED) is 0.436. The fraction of sp³-hybridized carbons (Fsp3) is 0.292. The fourth-order valence-corrected chi connectivity index (χ4v) is 3.88. The van der Waals surface area contributed by atoms with Crippen LogP contribution in [0.3, 0.4) is 0 Å². The lowest BCUT2D eigenvalue weighted by atomic mass is 10.2. The lowest BCUT2D eigenvalue weighted by molar-refractivity contribution is -0.175. The van der Waals surface area contributed by atoms with E-state index in [-0.39, 0.29) is 13.2 Å². The number of hydrogen-bond donors (Lipinski definition) is 0. The highest BCUT2D eigenvalue weighted by molar-refractivity contribution is 6.30. The molecule has 35 heavy (non-hydrogen) atoms. The minimum absolute atomic E-state index is 0.0403. The smallest absolute Gasteiger partial charge is 0.303 e. The molecule has 0 spiro atoms. The predicted molar refractivity (Wildman–Crippen MR) is 123 cm³/mol. The molecule has 0 aliphatic carbocycles. The molecule has 182 valence electrons. The maximum Gasteiger partial charge on any atom is 0.303 e. The number of nitrogens with zero attached hydrogens (tertiary/aromatic N) is 4. The normalized spacial score (nSPS) is 19.6. The van der Waals surface area contributed by atoms with E-state index in [0.29, 0.717) is 10.7 Å². The second kappa shape index (κ2) is 10.7. The predicted octanol–water partition coefficient (Wildman–Crippen LogP) is 2.67. The van der Waals surface area contributed by atoms with E-state index in [1.807, 2.05) is 30.3 Å². The third kappa shape index (κ3) is 5.84. The molecule has 11 heteroatoms. The molecule has 1 unspecified atom stereocenters. The molecule has 3 atom stereocenters. The van der Waals surface area contributed by atoms with Gasteiger partial charge in [-0.1, -0.05) is 47.1 Å². The van der Waals surface area contributed by atoms with Gasteiger partial charge in [0, 0.05) is 25.4 Å². The second-order valence-corrected chi connectivity index (χ2v) is 8.32. The van der Waals surface area contributed by atoms with Crippen LogP contribution in [0.5, 0.6) is 0 Å². The Morgan fingerprint density at radius 3 is 2.34 bits per heavy atom. The lowest BCUT2D eigenvalue weighted by Crippen LogP contribution is -2.41. The van der Waals surface area contributed by atoms with E-state index >= 15 is 0 Å². The third-order valence-corrected chi connectivity index (χ3v) is 5.49. The molecule has 0 N–H and O–H groups in total. The van der Waals surface area contributed by atoms with Crippen LogP contribution in [0, 0.1) is 0 Å². The van der Waals surface area contributed by atoms with E-state index in [4.69, 9.17) is 25.8 Å². The van der Waals surface area contributed by atoms with Crippen LogP contribution >= 0.6 is 11.6 Å². The Labute approximate surface area is 206 Å². The zero-order chi connectivity index (χ0) is 24.9. The van der Waals surface area contributed by atoms with Crippen molar-refractivity contribution in [3.8, 4) is 5.69 Å². The molecule has 1 fully saturated rings. The molecule has 0 saturated carbocycles. The number of carbonyl (C=O) groups is 3. The van der Waals surface area contributed by atoms with E-state index in [1.54, 1.807) is 35.1 Å². The van der Waals surface area contributed by atoms with Crippen LogP contribution in [-0.2, 0) is 41.7 Å². The van der Waals surface area contributed by atoms with Crippen molar-refractivity contribution < 1.29 is 28.6 Å². The Balaban J connectivity index is 1.57. The standard InChI is InChI=1S/C24H23ClN4O6/c1-15(30)34-21-22(35-16(2)31)24(28(23(21)32)12-17-6-4-3-5-7-17)33-14-19-13-29(27-26-19)20-10-8-18(25)9-11-20/h3-11,13,21-22,24H,12,14H2,1-2H3/t21-,22+,24?/m0/s1. The van der Waals surface area contributed by atoms with Crippen molar-refractivity contribution in [3.63, 3.8) is 0 Å². The summed E-state index contributed by atoms with van der Waals surface area (Å²) in [6, 6.07) is 16.3. The van der Waals surface area contributed by atoms with E-state index in [0.717, 1.165) is 11.3 Å². The second-order valence-electron chi connectivity index (χ2n) is 7.89. The highest BCUT2D eigenvalue weighted by atomic mass is 35.5. The van der Waals surface area contributed by atoms with Gasteiger partial charge in [0.25, 0.3) is 5.91 Å². The summed E-state index contributed by atoms with van der Waals surface area (Å²) in [5.41, 5.74) is 2.06. The number of likely N-dealkylation sites (tertiary alicyclic amines) is 1. The maximum atomic E-state index is 13.2. The number of amides is 1. The molecule has 1 aliphatic heterocycles. The minimum atomic E-state index is -1.32. The summed E-state index contributed by atoms with van der Waals surface area (Å²) < 4.78 is 18.2. The molecule has 4 rings (SSSR count). The van der Waals surface area contributed by atoms with Gasteiger partial charge in [-0.15, -0.1) is 5.10 Å². The van der Waals surface area contributed by atoms with Gasteiger partial charge in [-0.2, -0.15) is 0 Å². The number of rotatable bonds is 8. The van der Waals surface area contributed by atoms with E-state index in [2.05, 4.69) is 10.3 Å². The van der Waals surface area contributed by atoms with Gasteiger partial charge in [0.1, 0.15) is 5.69 Å². The molecular formula is C24H23ClN4O6. The van der Waals surface area contributed by atoms with Crippen LogP contribution in [0.1, 0.15) is 25.1 Å². The van der Waals surface area contributed by atoms with Crippen LogP contribution < -0.4 is 0 Å².